The molecule has 0 radical (unpaired) electrons. The Morgan fingerprint density at radius 1 is 1.23 bits per heavy atom. The fraction of sp³-hybridized carbons (Fsp3) is 0.381. The molecular weight excluding hydrogens is 414 g/mol. The molecule has 0 saturated heterocycles. The molecule has 0 saturated carbocycles. The van der Waals surface area contributed by atoms with Crippen molar-refractivity contribution in [3.8, 4) is 5.75 Å². The third-order valence-corrected chi connectivity index (χ3v) is 5.95. The lowest BCUT2D eigenvalue weighted by Gasteiger charge is -2.38. The minimum absolute atomic E-state index is 0.391. The quantitative estimate of drug-likeness (QED) is 0.776. The van der Waals surface area contributed by atoms with Crippen molar-refractivity contribution < 1.29 is 26.7 Å². The van der Waals surface area contributed by atoms with Crippen molar-refractivity contribution in [1.29, 1.82) is 0 Å². The van der Waals surface area contributed by atoms with Gasteiger partial charge in [-0.25, -0.2) is 17.2 Å². The van der Waals surface area contributed by atoms with Gasteiger partial charge >= 0.3 is 0 Å². The van der Waals surface area contributed by atoms with Gasteiger partial charge in [-0.15, -0.1) is 0 Å². The van der Waals surface area contributed by atoms with E-state index >= 15 is 0 Å². The summed E-state index contributed by atoms with van der Waals surface area (Å²) >= 11 is 0. The Labute approximate surface area is 174 Å². The molecule has 9 heteroatoms. The van der Waals surface area contributed by atoms with Gasteiger partial charge in [-0.1, -0.05) is 12.1 Å². The first kappa shape index (κ1) is 22.0. The van der Waals surface area contributed by atoms with Crippen LogP contribution in [0.5, 0.6) is 5.75 Å². The maximum absolute atomic E-state index is 14.2. The fourth-order valence-electron chi connectivity index (χ4n) is 3.52. The Balaban J connectivity index is 1.86. The lowest BCUT2D eigenvalue weighted by Crippen LogP contribution is -2.45. The van der Waals surface area contributed by atoms with Crippen LogP contribution in [0.25, 0.3) is 0 Å². The first-order chi connectivity index (χ1) is 13.9. The molecule has 1 unspecified atom stereocenters. The van der Waals surface area contributed by atoms with E-state index in [-0.39, 0.29) is 0 Å². The molecule has 1 N–H and O–H groups in total. The molecule has 2 aromatic rings. The molecular formula is C21H24F2N2O4S. The van der Waals surface area contributed by atoms with Crippen LogP contribution in [0, 0.1) is 18.6 Å². The van der Waals surface area contributed by atoms with Crippen molar-refractivity contribution in [2.24, 2.45) is 0 Å². The van der Waals surface area contributed by atoms with Crippen molar-refractivity contribution in [3.05, 3.63) is 59.2 Å². The van der Waals surface area contributed by atoms with Gasteiger partial charge in [0.2, 0.25) is 15.9 Å². The molecule has 162 valence electrons. The summed E-state index contributed by atoms with van der Waals surface area (Å²) in [6.45, 7) is 5.09. The number of amides is 1. The number of ether oxygens (including phenoxy) is 1. The molecule has 0 spiro atoms. The zero-order chi connectivity index (χ0) is 22.3. The van der Waals surface area contributed by atoms with E-state index in [9.17, 15) is 22.0 Å². The van der Waals surface area contributed by atoms with Gasteiger partial charge < -0.3 is 10.1 Å². The van der Waals surface area contributed by atoms with Crippen LogP contribution in [0.15, 0.2) is 36.4 Å². The maximum Gasteiger partial charge on any atom is 0.241 e. The van der Waals surface area contributed by atoms with Crippen LogP contribution >= 0.6 is 0 Å². The maximum atomic E-state index is 14.2. The van der Waals surface area contributed by atoms with Crippen molar-refractivity contribution in [2.45, 2.75) is 38.8 Å². The number of carbonyl (C=O) groups excluding carboxylic acids is 1. The summed E-state index contributed by atoms with van der Waals surface area (Å²) in [7, 11) is -3.99. The fourth-order valence-corrected chi connectivity index (χ4v) is 4.38. The lowest BCUT2D eigenvalue weighted by atomic mass is 9.89. The zero-order valence-electron chi connectivity index (χ0n) is 17.2. The summed E-state index contributed by atoms with van der Waals surface area (Å²) in [5.41, 5.74) is 0.856. The van der Waals surface area contributed by atoms with Gasteiger partial charge in [0.25, 0.3) is 0 Å². The van der Waals surface area contributed by atoms with E-state index in [1.807, 2.05) is 39.0 Å². The number of halogens is 2. The molecule has 1 atom stereocenters. The molecule has 0 aliphatic carbocycles. The highest BCUT2D eigenvalue weighted by molar-refractivity contribution is 7.92. The molecule has 3 rings (SSSR count). The molecule has 30 heavy (non-hydrogen) atoms. The summed E-state index contributed by atoms with van der Waals surface area (Å²) in [6, 6.07) is 7.74. The van der Waals surface area contributed by atoms with Gasteiger partial charge in [0, 0.05) is 18.1 Å². The first-order valence-corrected chi connectivity index (χ1v) is 11.2. The molecule has 1 amide bonds. The van der Waals surface area contributed by atoms with Crippen LogP contribution in [0.4, 0.5) is 14.5 Å². The SMILES string of the molecule is Cc1ccc2c(c1)OC(C)(C)CC2NC(=O)CN(c1ccc(F)cc1F)S(C)(=O)=O. The number of sulfonamides is 1. The third-order valence-electron chi connectivity index (χ3n) is 4.83. The van der Waals surface area contributed by atoms with Crippen LogP contribution < -0.4 is 14.4 Å². The second kappa shape index (κ2) is 7.86. The summed E-state index contributed by atoms with van der Waals surface area (Å²) in [4.78, 5) is 12.8. The Bertz CT molecular complexity index is 1090. The summed E-state index contributed by atoms with van der Waals surface area (Å²) < 4.78 is 58.4. The Morgan fingerprint density at radius 2 is 1.93 bits per heavy atom. The molecule has 1 aliphatic heterocycles. The predicted molar refractivity (Wildman–Crippen MR) is 110 cm³/mol. The minimum Gasteiger partial charge on any atom is -0.487 e. The molecule has 1 heterocycles. The molecule has 0 aromatic heterocycles. The number of hydrogen-bond acceptors (Lipinski definition) is 4. The average molecular weight is 438 g/mol. The summed E-state index contributed by atoms with van der Waals surface area (Å²) in [5, 5.41) is 2.83. The number of nitrogens with zero attached hydrogens (tertiary/aromatic N) is 1. The third kappa shape index (κ3) is 4.89. The standard InChI is InChI=1S/C21H24F2N2O4S/c1-13-5-7-15-17(11-21(2,3)29-19(15)9-13)24-20(26)12-25(30(4,27)28)18-8-6-14(22)10-16(18)23/h5-10,17H,11-12H2,1-4H3,(H,24,26). The zero-order valence-corrected chi connectivity index (χ0v) is 18.0. The Kier molecular flexibility index (Phi) is 5.77. The van der Waals surface area contributed by atoms with Crippen LogP contribution in [-0.4, -0.2) is 32.7 Å². The number of carbonyl (C=O) groups is 1. The van der Waals surface area contributed by atoms with E-state index in [4.69, 9.17) is 4.74 Å². The van der Waals surface area contributed by atoms with Gasteiger partial charge in [0.1, 0.15) is 29.5 Å². The van der Waals surface area contributed by atoms with E-state index in [0.717, 1.165) is 29.5 Å². The van der Waals surface area contributed by atoms with E-state index in [1.165, 1.54) is 0 Å². The van der Waals surface area contributed by atoms with Gasteiger partial charge in [-0.3, -0.25) is 9.10 Å². The summed E-state index contributed by atoms with van der Waals surface area (Å²) in [6.07, 6.45) is 1.33. The van der Waals surface area contributed by atoms with Crippen molar-refractivity contribution in [2.75, 3.05) is 17.1 Å². The van der Waals surface area contributed by atoms with Crippen LogP contribution in [0.1, 0.15) is 37.4 Å². The van der Waals surface area contributed by atoms with E-state index in [2.05, 4.69) is 5.32 Å². The largest absolute Gasteiger partial charge is 0.487 e. The van der Waals surface area contributed by atoms with Crippen molar-refractivity contribution >= 4 is 21.6 Å². The van der Waals surface area contributed by atoms with E-state index in [1.54, 1.807) is 0 Å². The number of nitrogens with one attached hydrogen (secondary N) is 1. The van der Waals surface area contributed by atoms with Crippen LogP contribution in [0.3, 0.4) is 0 Å². The predicted octanol–water partition coefficient (Wildman–Crippen LogP) is 3.46. The second-order valence-corrected chi connectivity index (χ2v) is 10.00. The van der Waals surface area contributed by atoms with E-state index < -0.39 is 51.4 Å². The lowest BCUT2D eigenvalue weighted by molar-refractivity contribution is -0.120. The number of aryl methyl sites for hydroxylation is 1. The van der Waals surface area contributed by atoms with Crippen molar-refractivity contribution in [3.63, 3.8) is 0 Å². The van der Waals surface area contributed by atoms with Crippen LogP contribution in [-0.2, 0) is 14.8 Å². The van der Waals surface area contributed by atoms with Gasteiger partial charge in [-0.05, 0) is 44.5 Å². The Morgan fingerprint density at radius 3 is 2.57 bits per heavy atom. The average Bonchev–Trinajstić information content (AvgIpc) is 2.58. The second-order valence-electron chi connectivity index (χ2n) is 8.09. The van der Waals surface area contributed by atoms with Crippen LogP contribution in [0.2, 0.25) is 0 Å². The first-order valence-electron chi connectivity index (χ1n) is 9.37. The monoisotopic (exact) mass is 438 g/mol. The molecule has 1 aliphatic rings. The molecule has 2 aromatic carbocycles. The number of hydrogen-bond donors (Lipinski definition) is 1. The van der Waals surface area contributed by atoms with E-state index in [0.29, 0.717) is 22.5 Å². The molecule has 0 bridgehead atoms. The highest BCUT2D eigenvalue weighted by atomic mass is 32.2. The highest BCUT2D eigenvalue weighted by Gasteiger charge is 2.35. The normalized spacial score (nSPS) is 17.6. The topological polar surface area (TPSA) is 75.7 Å². The highest BCUT2D eigenvalue weighted by Crippen LogP contribution is 2.39. The molecule has 0 fully saturated rings. The van der Waals surface area contributed by atoms with Gasteiger partial charge in [-0.2, -0.15) is 0 Å². The smallest absolute Gasteiger partial charge is 0.241 e. The molecule has 6 nitrogen and oxygen atoms in total. The van der Waals surface area contributed by atoms with Gasteiger partial charge in [0.15, 0.2) is 0 Å². The van der Waals surface area contributed by atoms with Crippen molar-refractivity contribution in [1.82, 2.24) is 5.32 Å². The Hall–Kier alpha value is -2.68. The van der Waals surface area contributed by atoms with Gasteiger partial charge in [0.05, 0.1) is 18.0 Å². The number of benzene rings is 2. The minimum atomic E-state index is -3.99. The summed E-state index contributed by atoms with van der Waals surface area (Å²) in [5.74, 6) is -1.87. The number of anilines is 1. The number of fused-ring (bicyclic) bond motifs is 1. The number of rotatable bonds is 5.